The van der Waals surface area contributed by atoms with Crippen LogP contribution in [-0.2, 0) is 10.9 Å². The van der Waals surface area contributed by atoms with E-state index in [0.717, 1.165) is 6.07 Å². The molecule has 1 fully saturated rings. The molecule has 2 nitrogen and oxygen atoms in total. The Labute approximate surface area is 104 Å². The number of alkyl halides is 3. The molecule has 1 N–H and O–H groups in total. The van der Waals surface area contributed by atoms with Gasteiger partial charge in [-0.15, -0.1) is 0 Å². The van der Waals surface area contributed by atoms with Gasteiger partial charge in [-0.05, 0) is 24.0 Å². The normalized spacial score (nSPS) is 24.4. The maximum Gasteiger partial charge on any atom is 0.416 e. The number of hydrogen-bond acceptors (Lipinski definition) is 2. The van der Waals surface area contributed by atoms with E-state index in [1.807, 2.05) is 0 Å². The molecule has 1 aliphatic heterocycles. The Bertz CT molecular complexity index is 405. The van der Waals surface area contributed by atoms with E-state index in [1.165, 1.54) is 6.07 Å². The third-order valence-electron chi connectivity index (χ3n) is 3.27. The molecular formula is C13H16F3NO. The lowest BCUT2D eigenvalue weighted by atomic mass is 9.96. The number of ether oxygens (including phenoxy) is 1. The highest BCUT2D eigenvalue weighted by atomic mass is 19.4. The lowest BCUT2D eigenvalue weighted by molar-refractivity contribution is -0.138. The van der Waals surface area contributed by atoms with Gasteiger partial charge < -0.3 is 10.1 Å². The number of rotatable bonds is 3. The van der Waals surface area contributed by atoms with E-state index < -0.39 is 11.7 Å². The average molecular weight is 259 g/mol. The Balaban J connectivity index is 2.19. The first-order valence-corrected chi connectivity index (χ1v) is 5.91. The molecule has 5 heteroatoms. The van der Waals surface area contributed by atoms with Crippen molar-refractivity contribution in [2.45, 2.75) is 18.6 Å². The van der Waals surface area contributed by atoms with Gasteiger partial charge >= 0.3 is 6.18 Å². The molecule has 1 heterocycles. The predicted octanol–water partition coefficient (Wildman–Crippen LogP) is 3.00. The van der Waals surface area contributed by atoms with E-state index in [9.17, 15) is 13.2 Å². The lowest BCUT2D eigenvalue weighted by Crippen LogP contribution is -2.18. The Morgan fingerprint density at radius 1 is 1.33 bits per heavy atom. The van der Waals surface area contributed by atoms with Crippen LogP contribution in [0.3, 0.4) is 0 Å². The Hall–Kier alpha value is -1.07. The summed E-state index contributed by atoms with van der Waals surface area (Å²) in [7, 11) is 1.61. The van der Waals surface area contributed by atoms with Crippen molar-refractivity contribution >= 4 is 0 Å². The van der Waals surface area contributed by atoms with Gasteiger partial charge in [-0.3, -0.25) is 0 Å². The molecule has 18 heavy (non-hydrogen) atoms. The summed E-state index contributed by atoms with van der Waals surface area (Å²) in [6.45, 7) is 1.28. The fraction of sp³-hybridized carbons (Fsp3) is 0.538. The van der Waals surface area contributed by atoms with Gasteiger partial charge in [0, 0.05) is 19.7 Å². The number of nitrogens with one attached hydrogen (secondary N) is 1. The number of halogens is 3. The van der Waals surface area contributed by atoms with Crippen molar-refractivity contribution in [3.8, 4) is 0 Å². The summed E-state index contributed by atoms with van der Waals surface area (Å²) in [4.78, 5) is 0. The SMILES string of the molecule is COCC1CNC(c2ccccc2C(F)(F)F)C1. The van der Waals surface area contributed by atoms with Crippen molar-refractivity contribution in [1.82, 2.24) is 5.32 Å². The minimum Gasteiger partial charge on any atom is -0.384 e. The van der Waals surface area contributed by atoms with E-state index in [1.54, 1.807) is 19.2 Å². The van der Waals surface area contributed by atoms with E-state index >= 15 is 0 Å². The third-order valence-corrected chi connectivity index (χ3v) is 3.27. The Kier molecular flexibility index (Phi) is 3.92. The molecule has 0 aliphatic carbocycles. The Morgan fingerprint density at radius 3 is 2.72 bits per heavy atom. The van der Waals surface area contributed by atoms with E-state index in [4.69, 9.17) is 4.74 Å². The van der Waals surface area contributed by atoms with Gasteiger partial charge in [-0.2, -0.15) is 13.2 Å². The van der Waals surface area contributed by atoms with Crippen molar-refractivity contribution in [2.24, 2.45) is 5.92 Å². The molecule has 0 radical (unpaired) electrons. The molecule has 0 spiro atoms. The summed E-state index contributed by atoms with van der Waals surface area (Å²) in [6, 6.07) is 5.53. The zero-order valence-corrected chi connectivity index (χ0v) is 10.1. The number of benzene rings is 1. The van der Waals surface area contributed by atoms with Crippen molar-refractivity contribution in [3.05, 3.63) is 35.4 Å². The van der Waals surface area contributed by atoms with Crippen LogP contribution in [0.5, 0.6) is 0 Å². The van der Waals surface area contributed by atoms with Crippen LogP contribution in [0.25, 0.3) is 0 Å². The van der Waals surface area contributed by atoms with Crippen LogP contribution in [-0.4, -0.2) is 20.3 Å². The standard InChI is InChI=1S/C13H16F3NO/c1-18-8-9-6-12(17-7-9)10-4-2-3-5-11(10)13(14,15)16/h2-5,9,12,17H,6-8H2,1H3. The second kappa shape index (κ2) is 5.28. The second-order valence-corrected chi connectivity index (χ2v) is 4.60. The van der Waals surface area contributed by atoms with Gasteiger partial charge in [-0.25, -0.2) is 0 Å². The molecule has 2 unspecified atom stereocenters. The molecule has 0 amide bonds. The molecule has 1 saturated heterocycles. The highest BCUT2D eigenvalue weighted by Gasteiger charge is 2.36. The minimum absolute atomic E-state index is 0.233. The van der Waals surface area contributed by atoms with Gasteiger partial charge in [0.1, 0.15) is 0 Å². The van der Waals surface area contributed by atoms with Crippen LogP contribution in [0, 0.1) is 5.92 Å². The zero-order valence-electron chi connectivity index (χ0n) is 10.1. The molecule has 2 atom stereocenters. The lowest BCUT2D eigenvalue weighted by Gasteiger charge is -2.17. The molecule has 100 valence electrons. The van der Waals surface area contributed by atoms with Crippen LogP contribution in [0.2, 0.25) is 0 Å². The maximum atomic E-state index is 12.9. The Morgan fingerprint density at radius 2 is 2.06 bits per heavy atom. The van der Waals surface area contributed by atoms with E-state index in [0.29, 0.717) is 25.1 Å². The van der Waals surface area contributed by atoms with E-state index in [-0.39, 0.29) is 12.0 Å². The fourth-order valence-electron chi connectivity index (χ4n) is 2.47. The van der Waals surface area contributed by atoms with Gasteiger partial charge in [-0.1, -0.05) is 18.2 Å². The molecule has 1 aliphatic rings. The summed E-state index contributed by atoms with van der Waals surface area (Å²) in [5.74, 6) is 0.279. The zero-order chi connectivity index (χ0) is 13.2. The molecule has 0 saturated carbocycles. The van der Waals surface area contributed by atoms with Crippen molar-refractivity contribution in [3.63, 3.8) is 0 Å². The monoisotopic (exact) mass is 259 g/mol. The van der Waals surface area contributed by atoms with Crippen LogP contribution >= 0.6 is 0 Å². The van der Waals surface area contributed by atoms with Crippen molar-refractivity contribution in [1.29, 1.82) is 0 Å². The fourth-order valence-corrected chi connectivity index (χ4v) is 2.47. The van der Waals surface area contributed by atoms with Gasteiger partial charge in [0.2, 0.25) is 0 Å². The van der Waals surface area contributed by atoms with Crippen LogP contribution < -0.4 is 5.32 Å². The molecule has 0 aromatic heterocycles. The smallest absolute Gasteiger partial charge is 0.384 e. The summed E-state index contributed by atoms with van der Waals surface area (Å²) in [5, 5.41) is 3.14. The first-order valence-electron chi connectivity index (χ1n) is 5.91. The second-order valence-electron chi connectivity index (χ2n) is 4.60. The predicted molar refractivity (Wildman–Crippen MR) is 62.2 cm³/mol. The highest BCUT2D eigenvalue weighted by Crippen LogP contribution is 2.37. The van der Waals surface area contributed by atoms with Crippen molar-refractivity contribution < 1.29 is 17.9 Å². The topological polar surface area (TPSA) is 21.3 Å². The first-order chi connectivity index (χ1) is 8.52. The maximum absolute atomic E-state index is 12.9. The molecule has 1 aromatic carbocycles. The van der Waals surface area contributed by atoms with Gasteiger partial charge in [0.05, 0.1) is 12.2 Å². The molecule has 1 aromatic rings. The number of hydrogen-bond donors (Lipinski definition) is 1. The van der Waals surface area contributed by atoms with Crippen LogP contribution in [0.1, 0.15) is 23.6 Å². The third kappa shape index (κ3) is 2.84. The summed E-state index contributed by atoms with van der Waals surface area (Å²) in [6.07, 6.45) is -3.61. The number of methoxy groups -OCH3 is 1. The summed E-state index contributed by atoms with van der Waals surface area (Å²) in [5.41, 5.74) is -0.204. The average Bonchev–Trinajstić information content (AvgIpc) is 2.77. The summed E-state index contributed by atoms with van der Waals surface area (Å²) >= 11 is 0. The molecule has 0 bridgehead atoms. The quantitative estimate of drug-likeness (QED) is 0.901. The van der Waals surface area contributed by atoms with Gasteiger partial charge in [0.15, 0.2) is 0 Å². The van der Waals surface area contributed by atoms with Crippen LogP contribution in [0.15, 0.2) is 24.3 Å². The van der Waals surface area contributed by atoms with Crippen molar-refractivity contribution in [2.75, 3.05) is 20.3 Å². The highest BCUT2D eigenvalue weighted by molar-refractivity contribution is 5.33. The molecular weight excluding hydrogens is 243 g/mol. The van der Waals surface area contributed by atoms with Gasteiger partial charge in [0.25, 0.3) is 0 Å². The molecule has 2 rings (SSSR count). The van der Waals surface area contributed by atoms with Crippen LogP contribution in [0.4, 0.5) is 13.2 Å². The summed E-state index contributed by atoms with van der Waals surface area (Å²) < 4.78 is 43.7. The van der Waals surface area contributed by atoms with E-state index in [2.05, 4.69) is 5.32 Å². The largest absolute Gasteiger partial charge is 0.416 e. The first kappa shape index (κ1) is 13.4. The minimum atomic E-state index is -4.29.